The number of carbonyl (C=O) groups excluding carboxylic acids is 1. The topological polar surface area (TPSA) is 90.9 Å². The minimum Gasteiger partial charge on any atom is -0.357 e. The molecule has 0 saturated carbocycles. The summed E-state index contributed by atoms with van der Waals surface area (Å²) in [7, 11) is -3.00. The highest BCUT2D eigenvalue weighted by atomic mass is 32.2. The van der Waals surface area contributed by atoms with Crippen molar-refractivity contribution >= 4 is 27.4 Å². The average Bonchev–Trinajstić information content (AvgIpc) is 2.98. The summed E-state index contributed by atoms with van der Waals surface area (Å²) < 4.78 is 22.4. The van der Waals surface area contributed by atoms with Crippen LogP contribution < -0.4 is 15.5 Å². The highest BCUT2D eigenvalue weighted by molar-refractivity contribution is 7.90. The summed E-state index contributed by atoms with van der Waals surface area (Å²) in [4.78, 5) is 18.0. The molecular formula is C17H26N4O3S. The molecule has 1 aromatic carbocycles. The SMILES string of the molecule is CCNC(=NCc1ccc(N2CCCC2=O)cc1)NCCS(C)(=O)=O. The van der Waals surface area contributed by atoms with Gasteiger partial charge in [0.25, 0.3) is 0 Å². The molecule has 0 bridgehead atoms. The number of amides is 1. The second kappa shape index (κ2) is 8.84. The van der Waals surface area contributed by atoms with Crippen molar-refractivity contribution in [1.29, 1.82) is 0 Å². The van der Waals surface area contributed by atoms with Crippen LogP contribution in [0.4, 0.5) is 5.69 Å². The Morgan fingerprint density at radius 3 is 2.52 bits per heavy atom. The van der Waals surface area contributed by atoms with Crippen molar-refractivity contribution < 1.29 is 13.2 Å². The van der Waals surface area contributed by atoms with E-state index in [9.17, 15) is 13.2 Å². The van der Waals surface area contributed by atoms with Gasteiger partial charge in [-0.25, -0.2) is 13.4 Å². The standard InChI is InChI=1S/C17H26N4O3S/c1-3-18-17(19-10-12-25(2,23)24)20-13-14-6-8-15(9-7-14)21-11-4-5-16(21)22/h6-9H,3-5,10-13H2,1-2H3,(H2,18,19,20). The molecule has 2 N–H and O–H groups in total. The molecule has 0 spiro atoms. The van der Waals surface area contributed by atoms with Crippen molar-refractivity contribution in [3.05, 3.63) is 29.8 Å². The fourth-order valence-electron chi connectivity index (χ4n) is 2.57. The average molecular weight is 366 g/mol. The molecule has 1 fully saturated rings. The van der Waals surface area contributed by atoms with Gasteiger partial charge in [-0.3, -0.25) is 4.79 Å². The van der Waals surface area contributed by atoms with Crippen molar-refractivity contribution in [2.24, 2.45) is 4.99 Å². The molecule has 2 rings (SSSR count). The van der Waals surface area contributed by atoms with Gasteiger partial charge in [-0.1, -0.05) is 12.1 Å². The Kier molecular flexibility index (Phi) is 6.81. The van der Waals surface area contributed by atoms with Crippen LogP contribution in [-0.4, -0.2) is 51.9 Å². The van der Waals surface area contributed by atoms with Gasteiger partial charge >= 0.3 is 0 Å². The van der Waals surface area contributed by atoms with Gasteiger partial charge in [0.15, 0.2) is 5.96 Å². The van der Waals surface area contributed by atoms with E-state index in [4.69, 9.17) is 0 Å². The first-order valence-corrected chi connectivity index (χ1v) is 10.5. The first kappa shape index (κ1) is 19.2. The maximum atomic E-state index is 11.8. The van der Waals surface area contributed by atoms with E-state index in [2.05, 4.69) is 15.6 Å². The number of guanidine groups is 1. The molecule has 8 heteroatoms. The van der Waals surface area contributed by atoms with Crippen molar-refractivity contribution in [3.8, 4) is 0 Å². The van der Waals surface area contributed by atoms with Gasteiger partial charge in [-0.15, -0.1) is 0 Å². The molecule has 7 nitrogen and oxygen atoms in total. The first-order chi connectivity index (χ1) is 11.9. The fourth-order valence-corrected chi connectivity index (χ4v) is 3.04. The normalized spacial score (nSPS) is 15.5. The predicted molar refractivity (Wildman–Crippen MR) is 101 cm³/mol. The molecule has 0 unspecified atom stereocenters. The van der Waals surface area contributed by atoms with E-state index in [1.807, 2.05) is 36.1 Å². The zero-order valence-corrected chi connectivity index (χ0v) is 15.6. The zero-order chi connectivity index (χ0) is 18.3. The molecule has 138 valence electrons. The Morgan fingerprint density at radius 1 is 1.24 bits per heavy atom. The van der Waals surface area contributed by atoms with Crippen LogP contribution in [0, 0.1) is 0 Å². The van der Waals surface area contributed by atoms with Crippen LogP contribution in [0.2, 0.25) is 0 Å². The van der Waals surface area contributed by atoms with Crippen LogP contribution in [0.3, 0.4) is 0 Å². The lowest BCUT2D eigenvalue weighted by Gasteiger charge is -2.15. The molecular weight excluding hydrogens is 340 g/mol. The van der Waals surface area contributed by atoms with Gasteiger partial charge in [-0.2, -0.15) is 0 Å². The second-order valence-electron chi connectivity index (χ2n) is 6.07. The van der Waals surface area contributed by atoms with Crippen molar-refractivity contribution in [2.45, 2.75) is 26.3 Å². The Bertz CT molecular complexity index is 714. The van der Waals surface area contributed by atoms with Gasteiger partial charge < -0.3 is 15.5 Å². The lowest BCUT2D eigenvalue weighted by atomic mass is 10.2. The Hall–Kier alpha value is -2.09. The summed E-state index contributed by atoms with van der Waals surface area (Å²) in [5.74, 6) is 0.830. The Morgan fingerprint density at radius 2 is 1.96 bits per heavy atom. The van der Waals surface area contributed by atoms with E-state index in [1.165, 1.54) is 6.26 Å². The van der Waals surface area contributed by atoms with E-state index < -0.39 is 9.84 Å². The summed E-state index contributed by atoms with van der Waals surface area (Å²) in [6.07, 6.45) is 2.75. The Balaban J connectivity index is 1.93. The number of rotatable bonds is 7. The van der Waals surface area contributed by atoms with Gasteiger partial charge in [-0.05, 0) is 31.0 Å². The third-order valence-electron chi connectivity index (χ3n) is 3.85. The maximum absolute atomic E-state index is 11.8. The van der Waals surface area contributed by atoms with Gasteiger partial charge in [0.1, 0.15) is 9.84 Å². The number of nitrogens with one attached hydrogen (secondary N) is 2. The summed E-state index contributed by atoms with van der Waals surface area (Å²) >= 11 is 0. The van der Waals surface area contributed by atoms with Crippen LogP contribution in [0.25, 0.3) is 0 Å². The number of carbonyl (C=O) groups is 1. The summed E-state index contributed by atoms with van der Waals surface area (Å²) in [6.45, 7) is 4.23. The monoisotopic (exact) mass is 366 g/mol. The molecule has 0 radical (unpaired) electrons. The van der Waals surface area contributed by atoms with Crippen LogP contribution in [-0.2, 0) is 21.2 Å². The molecule has 1 aliphatic heterocycles. The molecule has 1 saturated heterocycles. The zero-order valence-electron chi connectivity index (χ0n) is 14.8. The van der Waals surface area contributed by atoms with E-state index >= 15 is 0 Å². The minimum absolute atomic E-state index is 0.0655. The number of anilines is 1. The van der Waals surface area contributed by atoms with Crippen LogP contribution in [0.15, 0.2) is 29.3 Å². The molecule has 1 amide bonds. The maximum Gasteiger partial charge on any atom is 0.227 e. The first-order valence-electron chi connectivity index (χ1n) is 8.48. The molecule has 1 heterocycles. The van der Waals surface area contributed by atoms with Gasteiger partial charge in [0.05, 0.1) is 12.3 Å². The quantitative estimate of drug-likeness (QED) is 0.553. The molecule has 1 aliphatic rings. The number of aliphatic imine (C=N–C) groups is 1. The minimum atomic E-state index is -3.00. The molecule has 0 aliphatic carbocycles. The summed E-state index contributed by atoms with van der Waals surface area (Å²) in [5.41, 5.74) is 1.95. The largest absolute Gasteiger partial charge is 0.357 e. The highest BCUT2D eigenvalue weighted by Gasteiger charge is 2.21. The molecule has 1 aromatic rings. The van der Waals surface area contributed by atoms with Crippen molar-refractivity contribution in [2.75, 3.05) is 36.5 Å². The third-order valence-corrected chi connectivity index (χ3v) is 4.80. The predicted octanol–water partition coefficient (Wildman–Crippen LogP) is 0.913. The number of hydrogen-bond donors (Lipinski definition) is 2. The summed E-state index contributed by atoms with van der Waals surface area (Å²) in [6, 6.07) is 7.81. The number of nitrogens with zero attached hydrogens (tertiary/aromatic N) is 2. The number of sulfone groups is 1. The number of benzene rings is 1. The third kappa shape index (κ3) is 6.38. The van der Waals surface area contributed by atoms with Crippen molar-refractivity contribution in [1.82, 2.24) is 10.6 Å². The van der Waals surface area contributed by atoms with E-state index in [0.717, 1.165) is 24.2 Å². The molecule has 25 heavy (non-hydrogen) atoms. The smallest absolute Gasteiger partial charge is 0.227 e. The van der Waals surface area contributed by atoms with Crippen LogP contribution >= 0.6 is 0 Å². The second-order valence-corrected chi connectivity index (χ2v) is 8.33. The van der Waals surface area contributed by atoms with E-state index in [0.29, 0.717) is 32.0 Å². The van der Waals surface area contributed by atoms with E-state index in [-0.39, 0.29) is 11.7 Å². The Labute approximate surface area is 149 Å². The molecule has 0 atom stereocenters. The lowest BCUT2D eigenvalue weighted by Crippen LogP contribution is -2.39. The van der Waals surface area contributed by atoms with Crippen LogP contribution in [0.5, 0.6) is 0 Å². The number of hydrogen-bond acceptors (Lipinski definition) is 4. The lowest BCUT2D eigenvalue weighted by molar-refractivity contribution is -0.117. The van der Waals surface area contributed by atoms with Gasteiger partial charge in [0.2, 0.25) is 5.91 Å². The van der Waals surface area contributed by atoms with Crippen molar-refractivity contribution in [3.63, 3.8) is 0 Å². The fraction of sp³-hybridized carbons (Fsp3) is 0.529. The highest BCUT2D eigenvalue weighted by Crippen LogP contribution is 2.21. The summed E-state index contributed by atoms with van der Waals surface area (Å²) in [5, 5.41) is 6.11. The van der Waals surface area contributed by atoms with Gasteiger partial charge in [0, 0.05) is 38.0 Å². The van der Waals surface area contributed by atoms with E-state index in [1.54, 1.807) is 0 Å². The van der Waals surface area contributed by atoms with Crippen LogP contribution in [0.1, 0.15) is 25.3 Å². The molecule has 0 aromatic heterocycles.